The highest BCUT2D eigenvalue weighted by Crippen LogP contribution is 2.35. The summed E-state index contributed by atoms with van der Waals surface area (Å²) >= 11 is 1.30. The predicted octanol–water partition coefficient (Wildman–Crippen LogP) is 2.53. The van der Waals surface area contributed by atoms with Crippen LogP contribution in [0.15, 0.2) is 16.8 Å². The number of rotatable bonds is 5. The average molecular weight is 538 g/mol. The lowest BCUT2D eigenvalue weighted by Gasteiger charge is -2.36. The molecule has 0 aromatic carbocycles. The van der Waals surface area contributed by atoms with Crippen molar-refractivity contribution in [2.75, 3.05) is 13.1 Å². The van der Waals surface area contributed by atoms with Crippen molar-refractivity contribution in [1.82, 2.24) is 19.8 Å². The highest BCUT2D eigenvalue weighted by atomic mass is 35.5. The molecular weight excluding hydrogens is 514 g/mol. The monoisotopic (exact) mass is 537 g/mol. The van der Waals surface area contributed by atoms with Crippen LogP contribution in [-0.2, 0) is 28.7 Å². The number of amides is 2. The molecule has 2 aliphatic rings. The van der Waals surface area contributed by atoms with Gasteiger partial charge in [0.2, 0.25) is 11.8 Å². The molecule has 2 aliphatic heterocycles. The largest absolute Gasteiger partial charge is 0.433 e. The molecule has 2 aromatic rings. The maximum atomic E-state index is 13.7. The summed E-state index contributed by atoms with van der Waals surface area (Å²) in [7, 11) is 0. The lowest BCUT2D eigenvalue weighted by Crippen LogP contribution is -2.54. The molecule has 192 valence electrons. The Hall–Kier alpha value is -2.35. The Morgan fingerprint density at radius 3 is 2.71 bits per heavy atom. The first-order chi connectivity index (χ1) is 16.0. The van der Waals surface area contributed by atoms with Crippen molar-refractivity contribution < 1.29 is 32.3 Å². The van der Waals surface area contributed by atoms with Gasteiger partial charge in [-0.25, -0.2) is 14.4 Å². The molecule has 8 nitrogen and oxygen atoms in total. The zero-order valence-corrected chi connectivity index (χ0v) is 20.0. The molecule has 35 heavy (non-hydrogen) atoms. The van der Waals surface area contributed by atoms with Crippen LogP contribution in [-0.4, -0.2) is 68.2 Å². The molecule has 1 fully saturated rings. The number of alkyl halides is 4. The lowest BCUT2D eigenvalue weighted by molar-refractivity contribution is -0.155. The maximum Gasteiger partial charge on any atom is 0.433 e. The van der Waals surface area contributed by atoms with Crippen LogP contribution in [0.4, 0.5) is 17.6 Å². The molecule has 3 atom stereocenters. The molecule has 2 aromatic heterocycles. The second kappa shape index (κ2) is 10.7. The molecule has 4 heterocycles. The van der Waals surface area contributed by atoms with Crippen LogP contribution in [0.2, 0.25) is 0 Å². The molecule has 14 heteroatoms. The van der Waals surface area contributed by atoms with E-state index in [0.717, 1.165) is 4.90 Å². The second-order valence-corrected chi connectivity index (χ2v) is 9.15. The molecule has 0 spiro atoms. The van der Waals surface area contributed by atoms with E-state index in [-0.39, 0.29) is 74.8 Å². The van der Waals surface area contributed by atoms with E-state index >= 15 is 0 Å². The average Bonchev–Trinajstić information content (AvgIpc) is 3.32. The Morgan fingerprint density at radius 1 is 1.31 bits per heavy atom. The van der Waals surface area contributed by atoms with Crippen LogP contribution >= 0.6 is 23.7 Å². The Labute approximate surface area is 208 Å². The topological polar surface area (TPSA) is 113 Å². The minimum atomic E-state index is -4.66. The molecule has 0 radical (unpaired) electrons. The molecule has 0 saturated carbocycles. The fraction of sp³-hybridized carbons (Fsp3) is 0.524. The maximum absolute atomic E-state index is 13.7. The third kappa shape index (κ3) is 5.90. The van der Waals surface area contributed by atoms with E-state index in [4.69, 9.17) is 5.73 Å². The van der Waals surface area contributed by atoms with Crippen molar-refractivity contribution in [2.24, 2.45) is 5.73 Å². The number of piperidine rings is 1. The summed E-state index contributed by atoms with van der Waals surface area (Å²) in [6.07, 6.45) is -8.29. The standard InChI is InChI=1S/C21H23F4N5O3S.ClH/c22-14-1-2-16(31)30(20(14)33)8-12(26)7-17(32)29-5-3-13-15(9-29)27-19(11-4-6-34-10-11)28-18(13)21(23,24)25;/h4,6,10,12,14,20,33H,1-3,5,7-9,26H2;1H. The number of likely N-dealkylation sites (tertiary alicyclic amines) is 1. The molecule has 3 unspecified atom stereocenters. The number of aliphatic hydroxyl groups is 1. The van der Waals surface area contributed by atoms with Gasteiger partial charge in [-0.3, -0.25) is 9.59 Å². The van der Waals surface area contributed by atoms with Crippen molar-refractivity contribution >= 4 is 35.6 Å². The molecule has 1 saturated heterocycles. The van der Waals surface area contributed by atoms with Gasteiger partial charge in [0.25, 0.3) is 0 Å². The number of carbonyl (C=O) groups is 2. The number of carbonyl (C=O) groups excluding carboxylic acids is 2. The Morgan fingerprint density at radius 2 is 2.06 bits per heavy atom. The molecule has 4 rings (SSSR count). The van der Waals surface area contributed by atoms with Crippen LogP contribution in [0, 0.1) is 0 Å². The molecule has 0 aliphatic carbocycles. The molecular formula is C21H24ClF4N5O3S. The Balaban J connectivity index is 0.00000342. The molecule has 2 amide bonds. The number of hydrogen-bond acceptors (Lipinski definition) is 7. The third-order valence-corrected chi connectivity index (χ3v) is 6.61. The number of halogens is 5. The van der Waals surface area contributed by atoms with E-state index in [1.54, 1.807) is 16.8 Å². The first-order valence-corrected chi connectivity index (χ1v) is 11.6. The van der Waals surface area contributed by atoms with Crippen LogP contribution in [0.25, 0.3) is 11.4 Å². The minimum absolute atomic E-state index is 0. The van der Waals surface area contributed by atoms with Crippen molar-refractivity contribution in [3.63, 3.8) is 0 Å². The smallest absolute Gasteiger partial charge is 0.370 e. The van der Waals surface area contributed by atoms with Gasteiger partial charge < -0.3 is 20.6 Å². The van der Waals surface area contributed by atoms with Gasteiger partial charge in [-0.15, -0.1) is 12.4 Å². The first kappa shape index (κ1) is 27.2. The van der Waals surface area contributed by atoms with Gasteiger partial charge in [-0.2, -0.15) is 24.5 Å². The van der Waals surface area contributed by atoms with Gasteiger partial charge in [0.15, 0.2) is 17.7 Å². The van der Waals surface area contributed by atoms with Crippen LogP contribution in [0.1, 0.15) is 36.2 Å². The summed E-state index contributed by atoms with van der Waals surface area (Å²) in [5, 5.41) is 13.3. The normalized spacial score (nSPS) is 21.4. The van der Waals surface area contributed by atoms with Gasteiger partial charge in [0.1, 0.15) is 6.17 Å². The lowest BCUT2D eigenvalue weighted by atomic mass is 10.0. The molecule has 0 bridgehead atoms. The van der Waals surface area contributed by atoms with E-state index in [2.05, 4.69) is 9.97 Å². The number of hydrogen-bond donors (Lipinski definition) is 2. The highest BCUT2D eigenvalue weighted by Gasteiger charge is 2.40. The fourth-order valence-corrected chi connectivity index (χ4v) is 4.81. The number of fused-ring (bicyclic) bond motifs is 1. The zero-order valence-electron chi connectivity index (χ0n) is 18.4. The van der Waals surface area contributed by atoms with Gasteiger partial charge in [0, 0.05) is 48.5 Å². The van der Waals surface area contributed by atoms with E-state index in [1.807, 2.05) is 0 Å². The Bertz CT molecular complexity index is 1070. The van der Waals surface area contributed by atoms with Gasteiger partial charge >= 0.3 is 6.18 Å². The zero-order chi connectivity index (χ0) is 24.6. The summed E-state index contributed by atoms with van der Waals surface area (Å²) < 4.78 is 54.8. The van der Waals surface area contributed by atoms with Crippen LogP contribution in [0.5, 0.6) is 0 Å². The highest BCUT2D eigenvalue weighted by molar-refractivity contribution is 7.08. The quantitative estimate of drug-likeness (QED) is 0.567. The van der Waals surface area contributed by atoms with E-state index in [0.29, 0.717) is 5.56 Å². The third-order valence-electron chi connectivity index (χ3n) is 5.93. The van der Waals surface area contributed by atoms with Crippen LogP contribution < -0.4 is 5.73 Å². The van der Waals surface area contributed by atoms with Gasteiger partial charge in [0.05, 0.1) is 12.2 Å². The number of thiophene rings is 1. The van der Waals surface area contributed by atoms with Crippen molar-refractivity contribution in [1.29, 1.82) is 0 Å². The predicted molar refractivity (Wildman–Crippen MR) is 121 cm³/mol. The van der Waals surface area contributed by atoms with E-state index in [1.165, 1.54) is 16.2 Å². The van der Waals surface area contributed by atoms with Crippen molar-refractivity contribution in [3.8, 4) is 11.4 Å². The van der Waals surface area contributed by atoms with E-state index < -0.39 is 42.1 Å². The number of nitrogens with two attached hydrogens (primary N) is 1. The minimum Gasteiger partial charge on any atom is -0.370 e. The summed E-state index contributed by atoms with van der Waals surface area (Å²) in [6.45, 7) is -0.318. The summed E-state index contributed by atoms with van der Waals surface area (Å²) in [5.41, 5.74) is 5.55. The summed E-state index contributed by atoms with van der Waals surface area (Å²) in [5.74, 6) is -0.941. The number of aliphatic hydroxyl groups excluding tert-OH is 1. The van der Waals surface area contributed by atoms with Crippen molar-refractivity contribution in [2.45, 2.75) is 56.8 Å². The van der Waals surface area contributed by atoms with Crippen molar-refractivity contribution in [3.05, 3.63) is 33.8 Å². The van der Waals surface area contributed by atoms with E-state index in [9.17, 15) is 32.3 Å². The fourth-order valence-electron chi connectivity index (χ4n) is 4.18. The Kier molecular flexibility index (Phi) is 8.35. The first-order valence-electron chi connectivity index (χ1n) is 10.7. The SMILES string of the molecule is Cl.NC(CC(=O)N1CCc2c(nc(-c3ccsc3)nc2C(F)(F)F)C1)CN1C(=O)CCC(F)C1O. The number of nitrogens with zero attached hydrogens (tertiary/aromatic N) is 4. The van der Waals surface area contributed by atoms with Gasteiger partial charge in [-0.1, -0.05) is 0 Å². The number of aromatic nitrogens is 2. The molecule has 3 N–H and O–H groups in total. The second-order valence-electron chi connectivity index (χ2n) is 8.37. The summed E-state index contributed by atoms with van der Waals surface area (Å²) in [4.78, 5) is 35.2. The van der Waals surface area contributed by atoms with Gasteiger partial charge in [-0.05, 0) is 24.3 Å². The summed E-state index contributed by atoms with van der Waals surface area (Å²) in [6, 6.07) is 0.741. The van der Waals surface area contributed by atoms with Crippen LogP contribution in [0.3, 0.4) is 0 Å².